The number of nitrogens with one attached hydrogen (secondary N) is 1. The molecular weight excluding hydrogens is 238 g/mol. The van der Waals surface area contributed by atoms with Crippen molar-refractivity contribution in [2.75, 3.05) is 6.61 Å². The predicted octanol–water partition coefficient (Wildman–Crippen LogP) is 1.23. The third-order valence-corrected chi connectivity index (χ3v) is 5.02. The number of aliphatic hydroxyl groups excluding tert-OH is 1. The highest BCUT2D eigenvalue weighted by Gasteiger charge is 2.48. The summed E-state index contributed by atoms with van der Waals surface area (Å²) in [6.45, 7) is 2.15. The summed E-state index contributed by atoms with van der Waals surface area (Å²) in [5.74, 6) is -0.704. The number of carboxylic acid groups (broad SMARTS) is 1. The highest BCUT2D eigenvalue weighted by molar-refractivity contribution is 8.00. The fraction of sp³-hybridized carbons (Fsp3) is 0.917. The van der Waals surface area contributed by atoms with Gasteiger partial charge in [0.15, 0.2) is 0 Å². The lowest BCUT2D eigenvalue weighted by molar-refractivity contribution is -0.144. The Labute approximate surface area is 106 Å². The van der Waals surface area contributed by atoms with Crippen LogP contribution in [-0.2, 0) is 4.79 Å². The summed E-state index contributed by atoms with van der Waals surface area (Å²) in [6.07, 6.45) is 4.56. The van der Waals surface area contributed by atoms with Crippen LogP contribution in [-0.4, -0.2) is 44.9 Å². The molecule has 98 valence electrons. The van der Waals surface area contributed by atoms with E-state index in [1.54, 1.807) is 11.8 Å². The van der Waals surface area contributed by atoms with Crippen molar-refractivity contribution in [1.82, 2.24) is 5.32 Å². The van der Waals surface area contributed by atoms with Crippen molar-refractivity contribution in [3.05, 3.63) is 0 Å². The molecule has 3 unspecified atom stereocenters. The first-order valence-corrected chi connectivity index (χ1v) is 7.27. The zero-order valence-electron chi connectivity index (χ0n) is 10.2. The number of hydrogen-bond donors (Lipinski definition) is 3. The van der Waals surface area contributed by atoms with Gasteiger partial charge in [-0.15, -0.1) is 0 Å². The lowest BCUT2D eigenvalue weighted by Crippen LogP contribution is -2.51. The van der Waals surface area contributed by atoms with Gasteiger partial charge < -0.3 is 10.2 Å². The zero-order chi connectivity index (χ0) is 12.5. The molecule has 2 saturated carbocycles. The van der Waals surface area contributed by atoms with Gasteiger partial charge >= 0.3 is 5.97 Å². The Morgan fingerprint density at radius 1 is 1.53 bits per heavy atom. The first-order chi connectivity index (χ1) is 8.05. The molecule has 0 spiro atoms. The van der Waals surface area contributed by atoms with Gasteiger partial charge in [0.2, 0.25) is 0 Å². The standard InChI is InChI=1S/C12H21NO3S/c1-8(7-14)17-10-4-5-12(6-10,11(15)16)13-9-2-3-9/h8-10,13-14H,2-7H2,1H3,(H,15,16). The van der Waals surface area contributed by atoms with Crippen molar-refractivity contribution in [1.29, 1.82) is 0 Å². The molecule has 0 amide bonds. The third kappa shape index (κ3) is 3.14. The van der Waals surface area contributed by atoms with E-state index in [9.17, 15) is 9.90 Å². The third-order valence-electron chi connectivity index (χ3n) is 3.62. The molecule has 0 heterocycles. The van der Waals surface area contributed by atoms with Gasteiger partial charge in [0.05, 0.1) is 6.61 Å². The molecular formula is C12H21NO3S. The molecule has 0 aliphatic heterocycles. The Hall–Kier alpha value is -0.260. The second kappa shape index (κ2) is 5.16. The summed E-state index contributed by atoms with van der Waals surface area (Å²) in [5.41, 5.74) is -0.700. The molecule has 0 aromatic rings. The SMILES string of the molecule is CC(CO)SC1CCC(NC2CC2)(C(=O)O)C1. The van der Waals surface area contributed by atoms with E-state index in [2.05, 4.69) is 5.32 Å². The minimum atomic E-state index is -0.704. The number of aliphatic carboxylic acids is 1. The van der Waals surface area contributed by atoms with Crippen LogP contribution in [0.1, 0.15) is 39.0 Å². The largest absolute Gasteiger partial charge is 0.480 e. The maximum absolute atomic E-state index is 11.5. The summed E-state index contributed by atoms with van der Waals surface area (Å²) < 4.78 is 0. The molecule has 2 rings (SSSR count). The first-order valence-electron chi connectivity index (χ1n) is 6.33. The monoisotopic (exact) mass is 259 g/mol. The Morgan fingerprint density at radius 2 is 2.24 bits per heavy atom. The molecule has 2 aliphatic carbocycles. The molecule has 0 aromatic carbocycles. The van der Waals surface area contributed by atoms with Crippen LogP contribution in [0, 0.1) is 0 Å². The fourth-order valence-corrected chi connectivity index (χ4v) is 3.87. The predicted molar refractivity (Wildman–Crippen MR) is 68.3 cm³/mol. The molecule has 17 heavy (non-hydrogen) atoms. The molecule has 0 aromatic heterocycles. The summed E-state index contributed by atoms with van der Waals surface area (Å²) in [4.78, 5) is 11.5. The Kier molecular flexibility index (Phi) is 4.00. The molecule has 2 aliphatic rings. The number of carbonyl (C=O) groups is 1. The maximum atomic E-state index is 11.5. The molecule has 0 bridgehead atoms. The first kappa shape index (κ1) is 13.2. The van der Waals surface area contributed by atoms with Crippen LogP contribution in [0.5, 0.6) is 0 Å². The summed E-state index contributed by atoms with van der Waals surface area (Å²) >= 11 is 1.72. The summed E-state index contributed by atoms with van der Waals surface area (Å²) in [5, 5.41) is 22.3. The lowest BCUT2D eigenvalue weighted by atomic mass is 9.98. The van der Waals surface area contributed by atoms with E-state index < -0.39 is 11.5 Å². The minimum absolute atomic E-state index is 0.164. The number of aliphatic hydroxyl groups is 1. The smallest absolute Gasteiger partial charge is 0.323 e. The van der Waals surface area contributed by atoms with Crippen molar-refractivity contribution < 1.29 is 15.0 Å². The van der Waals surface area contributed by atoms with E-state index in [1.807, 2.05) is 6.92 Å². The normalized spacial score (nSPS) is 34.8. The van der Waals surface area contributed by atoms with Gasteiger partial charge in [-0.25, -0.2) is 0 Å². The highest BCUT2D eigenvalue weighted by Crippen LogP contribution is 2.40. The minimum Gasteiger partial charge on any atom is -0.480 e. The quantitative estimate of drug-likeness (QED) is 0.669. The van der Waals surface area contributed by atoms with Gasteiger partial charge in [-0.05, 0) is 32.1 Å². The topological polar surface area (TPSA) is 69.6 Å². The van der Waals surface area contributed by atoms with Gasteiger partial charge in [-0.2, -0.15) is 11.8 Å². The van der Waals surface area contributed by atoms with Crippen LogP contribution in [0.3, 0.4) is 0 Å². The van der Waals surface area contributed by atoms with Crippen molar-refractivity contribution in [2.45, 2.75) is 61.1 Å². The van der Waals surface area contributed by atoms with Gasteiger partial charge in [0, 0.05) is 16.5 Å². The Morgan fingerprint density at radius 3 is 2.76 bits per heavy atom. The van der Waals surface area contributed by atoms with E-state index >= 15 is 0 Å². The average Bonchev–Trinajstić information content (AvgIpc) is 2.99. The van der Waals surface area contributed by atoms with Crippen LogP contribution in [0.25, 0.3) is 0 Å². The highest BCUT2D eigenvalue weighted by atomic mass is 32.2. The van der Waals surface area contributed by atoms with E-state index in [-0.39, 0.29) is 11.9 Å². The molecule has 3 atom stereocenters. The van der Waals surface area contributed by atoms with Crippen molar-refractivity contribution in [2.24, 2.45) is 0 Å². The van der Waals surface area contributed by atoms with Gasteiger partial charge in [0.25, 0.3) is 0 Å². The molecule has 4 nitrogen and oxygen atoms in total. The summed E-state index contributed by atoms with van der Waals surface area (Å²) in [6, 6.07) is 0.421. The molecule has 5 heteroatoms. The van der Waals surface area contributed by atoms with Gasteiger partial charge in [-0.1, -0.05) is 6.92 Å². The molecule has 0 saturated heterocycles. The van der Waals surface area contributed by atoms with Gasteiger partial charge in [-0.3, -0.25) is 10.1 Å². The van der Waals surface area contributed by atoms with E-state index in [0.29, 0.717) is 24.1 Å². The number of hydrogen-bond acceptors (Lipinski definition) is 4. The van der Waals surface area contributed by atoms with Crippen LogP contribution in [0.4, 0.5) is 0 Å². The average molecular weight is 259 g/mol. The van der Waals surface area contributed by atoms with Crippen LogP contribution in [0.15, 0.2) is 0 Å². The van der Waals surface area contributed by atoms with Gasteiger partial charge in [0.1, 0.15) is 5.54 Å². The van der Waals surface area contributed by atoms with Crippen LogP contribution >= 0.6 is 11.8 Å². The van der Waals surface area contributed by atoms with E-state index in [1.165, 1.54) is 0 Å². The van der Waals surface area contributed by atoms with Crippen LogP contribution in [0.2, 0.25) is 0 Å². The maximum Gasteiger partial charge on any atom is 0.323 e. The number of thioether (sulfide) groups is 1. The Balaban J connectivity index is 1.93. The van der Waals surface area contributed by atoms with Crippen LogP contribution < -0.4 is 5.32 Å². The van der Waals surface area contributed by atoms with E-state index in [4.69, 9.17) is 5.11 Å². The molecule has 3 N–H and O–H groups in total. The number of carboxylic acids is 1. The second-order valence-corrected chi connectivity index (χ2v) is 7.04. The Bertz CT molecular complexity index is 295. The molecule has 0 radical (unpaired) electrons. The van der Waals surface area contributed by atoms with Crippen molar-refractivity contribution in [3.8, 4) is 0 Å². The fourth-order valence-electron chi connectivity index (χ4n) is 2.49. The second-order valence-electron chi connectivity index (χ2n) is 5.30. The number of rotatable bonds is 6. The lowest BCUT2D eigenvalue weighted by Gasteiger charge is -2.26. The van der Waals surface area contributed by atoms with Crippen molar-refractivity contribution >= 4 is 17.7 Å². The van der Waals surface area contributed by atoms with Crippen molar-refractivity contribution in [3.63, 3.8) is 0 Å². The van der Waals surface area contributed by atoms with E-state index in [0.717, 1.165) is 19.3 Å². The molecule has 2 fully saturated rings. The zero-order valence-corrected chi connectivity index (χ0v) is 11.0. The summed E-state index contributed by atoms with van der Waals surface area (Å²) in [7, 11) is 0.